The fourth-order valence-corrected chi connectivity index (χ4v) is 6.54. The summed E-state index contributed by atoms with van der Waals surface area (Å²) in [7, 11) is 1.98. The van der Waals surface area contributed by atoms with Crippen molar-refractivity contribution in [3.63, 3.8) is 0 Å². The summed E-state index contributed by atoms with van der Waals surface area (Å²) in [5.74, 6) is -0.457. The van der Waals surface area contributed by atoms with E-state index in [9.17, 15) is 9.59 Å². The highest BCUT2D eigenvalue weighted by Gasteiger charge is 2.44. The highest BCUT2D eigenvalue weighted by atomic mass is 16.6. The van der Waals surface area contributed by atoms with E-state index in [1.165, 1.54) is 0 Å². The van der Waals surface area contributed by atoms with Gasteiger partial charge < -0.3 is 18.9 Å². The minimum atomic E-state index is -0.340. The van der Waals surface area contributed by atoms with E-state index in [-0.39, 0.29) is 41.6 Å². The molecule has 1 aromatic carbocycles. The topological polar surface area (TPSA) is 89.8 Å². The smallest absolute Gasteiger partial charge is 0.410 e. The van der Waals surface area contributed by atoms with E-state index < -0.39 is 0 Å². The number of piperazine rings is 1. The molecule has 0 spiro atoms. The largest absolute Gasteiger partial charge is 0.459 e. The third kappa shape index (κ3) is 5.65. The second-order valence-electron chi connectivity index (χ2n) is 13.5. The number of benzene rings is 1. The summed E-state index contributed by atoms with van der Waals surface area (Å²) in [4.78, 5) is 40.0. The van der Waals surface area contributed by atoms with Gasteiger partial charge in [0, 0.05) is 57.2 Å². The number of esters is 1. The molecule has 3 heterocycles. The van der Waals surface area contributed by atoms with Crippen LogP contribution in [0, 0.1) is 6.92 Å². The Hall–Kier alpha value is -3.98. The maximum Gasteiger partial charge on any atom is 0.410 e. The Morgan fingerprint density at radius 3 is 2.43 bits per heavy atom. The van der Waals surface area contributed by atoms with Crippen molar-refractivity contribution >= 4 is 23.7 Å². The highest BCUT2D eigenvalue weighted by Crippen LogP contribution is 2.47. The minimum Gasteiger partial charge on any atom is -0.459 e. The second-order valence-corrected chi connectivity index (χ2v) is 13.5. The van der Waals surface area contributed by atoms with Crippen molar-refractivity contribution in [1.29, 1.82) is 0 Å². The first-order chi connectivity index (χ1) is 21.1. The molecule has 1 amide bonds. The van der Waals surface area contributed by atoms with Crippen molar-refractivity contribution in [2.24, 2.45) is 7.05 Å². The van der Waals surface area contributed by atoms with E-state index in [1.807, 2.05) is 48.8 Å². The van der Waals surface area contributed by atoms with Crippen LogP contribution in [0.4, 0.5) is 4.79 Å². The van der Waals surface area contributed by atoms with Gasteiger partial charge in [0.1, 0.15) is 11.2 Å². The number of ether oxygens (including phenoxy) is 2. The quantitative estimate of drug-likeness (QED) is 0.327. The normalized spacial score (nSPS) is 22.1. The Bertz CT molecular complexity index is 1630. The SMILES string of the molecule is Cc1ccc2c(c1)C([C@@H](CC(=O)OC1(C)CC1)c1cncn1C)=Cc1cccnc1[C@H]2N1CCN(C(=O)OC2(C)CC2)CC1. The number of fused-ring (bicyclic) bond motifs is 2. The number of carbonyl (C=O) groups is 2. The molecule has 2 aromatic heterocycles. The summed E-state index contributed by atoms with van der Waals surface area (Å²) in [6.45, 7) is 8.70. The highest BCUT2D eigenvalue weighted by molar-refractivity contribution is 5.91. The van der Waals surface area contributed by atoms with E-state index in [4.69, 9.17) is 14.5 Å². The molecule has 1 aliphatic heterocycles. The minimum absolute atomic E-state index is 0.112. The first kappa shape index (κ1) is 28.8. The van der Waals surface area contributed by atoms with Crippen molar-refractivity contribution in [3.8, 4) is 0 Å². The van der Waals surface area contributed by atoms with Gasteiger partial charge in [0.25, 0.3) is 0 Å². The molecule has 7 rings (SSSR count). The van der Waals surface area contributed by atoms with E-state index >= 15 is 0 Å². The van der Waals surface area contributed by atoms with Gasteiger partial charge in [0.15, 0.2) is 0 Å². The zero-order valence-electron chi connectivity index (χ0n) is 26.1. The van der Waals surface area contributed by atoms with Crippen LogP contribution in [0.1, 0.15) is 91.6 Å². The average Bonchev–Trinajstić information content (AvgIpc) is 3.88. The van der Waals surface area contributed by atoms with Crippen molar-refractivity contribution in [3.05, 3.63) is 82.7 Å². The molecular formula is C35H41N5O4. The Morgan fingerprint density at radius 1 is 1.02 bits per heavy atom. The number of pyridine rings is 1. The van der Waals surface area contributed by atoms with Crippen LogP contribution in [0.15, 0.2) is 49.1 Å². The van der Waals surface area contributed by atoms with Crippen LogP contribution in [0.5, 0.6) is 0 Å². The molecule has 0 bridgehead atoms. The van der Waals surface area contributed by atoms with Gasteiger partial charge in [-0.3, -0.25) is 14.7 Å². The lowest BCUT2D eigenvalue weighted by Crippen LogP contribution is -2.50. The number of hydrogen-bond donors (Lipinski definition) is 0. The van der Waals surface area contributed by atoms with Crippen molar-refractivity contribution in [2.75, 3.05) is 26.2 Å². The standard InChI is InChI=1S/C35H41N5O4/c1-23-7-8-25-26(18-23)27(28(29-21-36-22-38(29)4)20-30(41)43-34(2)9-10-34)19-24-6-5-13-37-31(24)32(25)39-14-16-40(17-15-39)33(42)44-35(3)11-12-35/h5-8,13,18-19,21-22,28,32H,9-12,14-17,20H2,1-4H3/t28-,32+/m1/s1. The predicted octanol–water partition coefficient (Wildman–Crippen LogP) is 5.64. The molecule has 1 saturated heterocycles. The predicted molar refractivity (Wildman–Crippen MR) is 167 cm³/mol. The first-order valence-corrected chi connectivity index (χ1v) is 15.8. The monoisotopic (exact) mass is 595 g/mol. The van der Waals surface area contributed by atoms with E-state index in [0.717, 1.165) is 64.9 Å². The maximum atomic E-state index is 13.4. The number of aromatic nitrogens is 3. The molecule has 3 aliphatic carbocycles. The fraction of sp³-hybridized carbons (Fsp3) is 0.486. The summed E-state index contributed by atoms with van der Waals surface area (Å²) < 4.78 is 13.7. The Morgan fingerprint density at radius 2 is 1.75 bits per heavy atom. The summed E-state index contributed by atoms with van der Waals surface area (Å²) in [5, 5.41) is 0. The lowest BCUT2D eigenvalue weighted by atomic mass is 9.83. The Labute approximate surface area is 258 Å². The zero-order valence-corrected chi connectivity index (χ0v) is 26.1. The van der Waals surface area contributed by atoms with Gasteiger partial charge in [-0.25, -0.2) is 9.78 Å². The van der Waals surface area contributed by atoms with Gasteiger partial charge in [-0.1, -0.05) is 29.8 Å². The summed E-state index contributed by atoms with van der Waals surface area (Å²) in [6, 6.07) is 10.6. The lowest BCUT2D eigenvalue weighted by Gasteiger charge is -2.39. The van der Waals surface area contributed by atoms with Gasteiger partial charge in [-0.05, 0) is 80.9 Å². The van der Waals surface area contributed by atoms with Gasteiger partial charge >= 0.3 is 12.1 Å². The van der Waals surface area contributed by atoms with Crippen LogP contribution in [0.3, 0.4) is 0 Å². The average molecular weight is 596 g/mol. The number of nitrogens with zero attached hydrogens (tertiary/aromatic N) is 5. The summed E-state index contributed by atoms with van der Waals surface area (Å²) in [5.41, 5.74) is 6.79. The first-order valence-electron chi connectivity index (χ1n) is 15.8. The molecule has 2 atom stereocenters. The molecular weight excluding hydrogens is 554 g/mol. The molecule has 44 heavy (non-hydrogen) atoms. The van der Waals surface area contributed by atoms with Crippen molar-refractivity contribution in [2.45, 2.75) is 76.0 Å². The molecule has 2 saturated carbocycles. The molecule has 4 aliphatic rings. The summed E-state index contributed by atoms with van der Waals surface area (Å²) in [6.07, 6.45) is 11.4. The van der Waals surface area contributed by atoms with Gasteiger partial charge in [0.05, 0.1) is 24.5 Å². The molecule has 9 nitrogen and oxygen atoms in total. The zero-order chi connectivity index (χ0) is 30.6. The number of rotatable bonds is 7. The van der Waals surface area contributed by atoms with Gasteiger partial charge in [-0.15, -0.1) is 0 Å². The third-order valence-corrected chi connectivity index (χ3v) is 9.75. The molecule has 3 aromatic rings. The molecule has 3 fully saturated rings. The van der Waals surface area contributed by atoms with Crippen molar-refractivity contribution in [1.82, 2.24) is 24.3 Å². The fourth-order valence-electron chi connectivity index (χ4n) is 6.54. The van der Waals surface area contributed by atoms with Crippen molar-refractivity contribution < 1.29 is 19.1 Å². The number of hydrogen-bond acceptors (Lipinski definition) is 7. The number of amides is 1. The van der Waals surface area contributed by atoms with Gasteiger partial charge in [-0.2, -0.15) is 0 Å². The van der Waals surface area contributed by atoms with E-state index in [1.54, 1.807) is 6.33 Å². The lowest BCUT2D eigenvalue weighted by molar-refractivity contribution is -0.150. The molecule has 0 unspecified atom stereocenters. The molecule has 230 valence electrons. The maximum absolute atomic E-state index is 13.4. The number of aryl methyl sites for hydroxylation is 2. The van der Waals surface area contributed by atoms with E-state index in [2.05, 4.69) is 47.1 Å². The van der Waals surface area contributed by atoms with Crippen LogP contribution in [-0.4, -0.2) is 73.8 Å². The number of allylic oxidation sites excluding steroid dienone is 1. The Kier molecular flexibility index (Phi) is 7.11. The number of imidazole rings is 1. The second kappa shape index (κ2) is 10.9. The third-order valence-electron chi connectivity index (χ3n) is 9.75. The van der Waals surface area contributed by atoms with Crippen LogP contribution in [0.25, 0.3) is 11.6 Å². The number of carbonyl (C=O) groups excluding carboxylic acids is 2. The Balaban J connectivity index is 1.26. The van der Waals surface area contributed by atoms with Crippen LogP contribution < -0.4 is 0 Å². The van der Waals surface area contributed by atoms with E-state index in [0.29, 0.717) is 26.2 Å². The molecule has 0 N–H and O–H groups in total. The summed E-state index contributed by atoms with van der Waals surface area (Å²) >= 11 is 0. The van der Waals surface area contributed by atoms with Crippen LogP contribution in [-0.2, 0) is 21.3 Å². The molecule has 0 radical (unpaired) electrons. The molecule has 9 heteroatoms. The van der Waals surface area contributed by atoms with Crippen LogP contribution >= 0.6 is 0 Å². The van der Waals surface area contributed by atoms with Crippen LogP contribution in [0.2, 0.25) is 0 Å². The van der Waals surface area contributed by atoms with Gasteiger partial charge in [0.2, 0.25) is 0 Å².